The van der Waals surface area contributed by atoms with Gasteiger partial charge in [-0.15, -0.1) is 0 Å². The van der Waals surface area contributed by atoms with E-state index in [4.69, 9.17) is 0 Å². The average molecular weight is 162 g/mol. The summed E-state index contributed by atoms with van der Waals surface area (Å²) >= 11 is 0. The molecule has 0 N–H and O–H groups in total. The van der Waals surface area contributed by atoms with Crippen molar-refractivity contribution < 1.29 is 0 Å². The molecule has 0 fully saturated rings. The van der Waals surface area contributed by atoms with Crippen LogP contribution in [-0.2, 0) is 12.8 Å². The molecule has 0 bridgehead atoms. The van der Waals surface area contributed by atoms with Gasteiger partial charge in [0, 0.05) is 11.9 Å². The lowest BCUT2D eigenvalue weighted by Gasteiger charge is -2.26. The van der Waals surface area contributed by atoms with Crippen LogP contribution >= 0.6 is 0 Å². The van der Waals surface area contributed by atoms with Crippen LogP contribution in [0.3, 0.4) is 0 Å². The highest BCUT2D eigenvalue weighted by Crippen LogP contribution is 2.27. The fraction of sp³-hybridized carbons (Fsp3) is 0.600. The van der Waals surface area contributed by atoms with Crippen LogP contribution in [0, 0.1) is 11.8 Å². The fourth-order valence-electron chi connectivity index (χ4n) is 1.79. The molecule has 12 heavy (non-hydrogen) atoms. The second-order valence-corrected chi connectivity index (χ2v) is 3.86. The van der Waals surface area contributed by atoms with E-state index in [2.05, 4.69) is 23.8 Å². The van der Waals surface area contributed by atoms with Crippen molar-refractivity contribution >= 4 is 0 Å². The van der Waals surface area contributed by atoms with E-state index < -0.39 is 0 Å². The van der Waals surface area contributed by atoms with Crippen LogP contribution in [0.25, 0.3) is 0 Å². The minimum atomic E-state index is 0.771. The average Bonchev–Trinajstić information content (AvgIpc) is 2.07. The Morgan fingerprint density at radius 2 is 2.00 bits per heavy atom. The normalized spacial score (nSPS) is 28.2. The Hall–Kier alpha value is -0.920. The maximum Gasteiger partial charge on any atom is 0.115 e. The number of fused-ring (bicyclic) bond motifs is 1. The highest BCUT2D eigenvalue weighted by Gasteiger charge is 2.22. The number of aromatic nitrogens is 2. The quantitative estimate of drug-likeness (QED) is 0.581. The first-order chi connectivity index (χ1) is 5.77. The Labute approximate surface area is 73.1 Å². The van der Waals surface area contributed by atoms with Gasteiger partial charge in [-0.2, -0.15) is 0 Å². The molecular weight excluding hydrogens is 148 g/mol. The van der Waals surface area contributed by atoms with Crippen LogP contribution in [0.2, 0.25) is 0 Å². The highest BCUT2D eigenvalue weighted by molar-refractivity contribution is 5.20. The van der Waals surface area contributed by atoms with Gasteiger partial charge in [-0.1, -0.05) is 13.8 Å². The van der Waals surface area contributed by atoms with Crippen molar-refractivity contribution in [3.05, 3.63) is 23.8 Å². The molecule has 2 rings (SSSR count). The third-order valence-corrected chi connectivity index (χ3v) is 2.91. The molecule has 0 saturated heterocycles. The molecular formula is C10H14N2. The van der Waals surface area contributed by atoms with E-state index in [1.54, 1.807) is 6.33 Å². The minimum absolute atomic E-state index is 0.771. The van der Waals surface area contributed by atoms with Crippen molar-refractivity contribution in [2.45, 2.75) is 26.7 Å². The molecule has 2 unspecified atom stereocenters. The zero-order chi connectivity index (χ0) is 8.55. The fourth-order valence-corrected chi connectivity index (χ4v) is 1.79. The predicted octanol–water partition coefficient (Wildman–Crippen LogP) is 1.85. The molecule has 64 valence electrons. The van der Waals surface area contributed by atoms with Gasteiger partial charge in [0.15, 0.2) is 0 Å². The van der Waals surface area contributed by atoms with Gasteiger partial charge in [0.25, 0.3) is 0 Å². The molecule has 0 saturated carbocycles. The maximum atomic E-state index is 4.29. The molecule has 2 nitrogen and oxygen atoms in total. The van der Waals surface area contributed by atoms with Gasteiger partial charge in [0.1, 0.15) is 6.33 Å². The summed E-state index contributed by atoms with van der Waals surface area (Å²) in [6, 6.07) is 0. The molecule has 1 aliphatic carbocycles. The van der Waals surface area contributed by atoms with Crippen molar-refractivity contribution in [3.8, 4) is 0 Å². The summed E-state index contributed by atoms with van der Waals surface area (Å²) in [6.07, 6.45) is 5.89. The number of rotatable bonds is 0. The molecule has 1 heterocycles. The molecule has 0 aliphatic heterocycles. The largest absolute Gasteiger partial charge is 0.245 e. The Morgan fingerprint density at radius 1 is 1.25 bits per heavy atom. The van der Waals surface area contributed by atoms with E-state index in [1.807, 2.05) is 6.20 Å². The minimum Gasteiger partial charge on any atom is -0.245 e. The van der Waals surface area contributed by atoms with Gasteiger partial charge >= 0.3 is 0 Å². The van der Waals surface area contributed by atoms with Crippen molar-refractivity contribution in [2.75, 3.05) is 0 Å². The summed E-state index contributed by atoms with van der Waals surface area (Å²) in [6.45, 7) is 4.61. The number of hydrogen-bond acceptors (Lipinski definition) is 2. The molecule has 0 radical (unpaired) electrons. The van der Waals surface area contributed by atoms with Gasteiger partial charge in [0.05, 0.1) is 0 Å². The van der Waals surface area contributed by atoms with Crippen molar-refractivity contribution in [1.29, 1.82) is 0 Å². The predicted molar refractivity (Wildman–Crippen MR) is 47.8 cm³/mol. The Bertz CT molecular complexity index is 254. The van der Waals surface area contributed by atoms with E-state index in [1.165, 1.54) is 11.3 Å². The summed E-state index contributed by atoms with van der Waals surface area (Å²) in [5.74, 6) is 1.55. The van der Waals surface area contributed by atoms with Crippen LogP contribution in [0.5, 0.6) is 0 Å². The molecule has 0 spiro atoms. The van der Waals surface area contributed by atoms with Crippen LogP contribution in [-0.4, -0.2) is 9.97 Å². The summed E-state index contributed by atoms with van der Waals surface area (Å²) in [5, 5.41) is 0. The Kier molecular flexibility index (Phi) is 1.83. The summed E-state index contributed by atoms with van der Waals surface area (Å²) in [7, 11) is 0. The van der Waals surface area contributed by atoms with Crippen molar-refractivity contribution in [1.82, 2.24) is 9.97 Å². The van der Waals surface area contributed by atoms with Crippen LogP contribution in [0.15, 0.2) is 12.5 Å². The first-order valence-electron chi connectivity index (χ1n) is 4.55. The topological polar surface area (TPSA) is 25.8 Å². The van der Waals surface area contributed by atoms with Crippen LogP contribution < -0.4 is 0 Å². The van der Waals surface area contributed by atoms with E-state index >= 15 is 0 Å². The molecule has 2 heteroatoms. The lowest BCUT2D eigenvalue weighted by atomic mass is 9.80. The summed E-state index contributed by atoms with van der Waals surface area (Å²) in [5.41, 5.74) is 2.61. The van der Waals surface area contributed by atoms with Gasteiger partial charge < -0.3 is 0 Å². The zero-order valence-electron chi connectivity index (χ0n) is 7.62. The van der Waals surface area contributed by atoms with Gasteiger partial charge in [-0.05, 0) is 30.2 Å². The second-order valence-electron chi connectivity index (χ2n) is 3.86. The monoisotopic (exact) mass is 162 g/mol. The number of nitrogens with zero attached hydrogens (tertiary/aromatic N) is 2. The van der Waals surface area contributed by atoms with Crippen molar-refractivity contribution in [3.63, 3.8) is 0 Å². The summed E-state index contributed by atoms with van der Waals surface area (Å²) < 4.78 is 0. The molecule has 0 aromatic carbocycles. The van der Waals surface area contributed by atoms with E-state index in [-0.39, 0.29) is 0 Å². The molecule has 1 aromatic rings. The summed E-state index contributed by atoms with van der Waals surface area (Å²) in [4.78, 5) is 8.34. The second kappa shape index (κ2) is 2.85. The first-order valence-corrected chi connectivity index (χ1v) is 4.55. The Morgan fingerprint density at radius 3 is 2.83 bits per heavy atom. The maximum absolute atomic E-state index is 4.29. The van der Waals surface area contributed by atoms with Crippen LogP contribution in [0.4, 0.5) is 0 Å². The highest BCUT2D eigenvalue weighted by atomic mass is 14.8. The lowest BCUT2D eigenvalue weighted by molar-refractivity contribution is 0.355. The van der Waals surface area contributed by atoms with E-state index in [9.17, 15) is 0 Å². The van der Waals surface area contributed by atoms with Crippen molar-refractivity contribution in [2.24, 2.45) is 11.8 Å². The lowest BCUT2D eigenvalue weighted by Crippen LogP contribution is -2.21. The van der Waals surface area contributed by atoms with Crippen LogP contribution in [0.1, 0.15) is 25.1 Å². The smallest absolute Gasteiger partial charge is 0.115 e. The number of hydrogen-bond donors (Lipinski definition) is 0. The third-order valence-electron chi connectivity index (χ3n) is 2.91. The molecule has 2 atom stereocenters. The van der Waals surface area contributed by atoms with Gasteiger partial charge in [-0.3, -0.25) is 0 Å². The molecule has 0 amide bonds. The van der Waals surface area contributed by atoms with E-state index in [0.717, 1.165) is 24.7 Å². The SMILES string of the molecule is CC1Cc2cncnc2CC1C. The first kappa shape index (κ1) is 7.71. The van der Waals surface area contributed by atoms with E-state index in [0.29, 0.717) is 0 Å². The zero-order valence-corrected chi connectivity index (χ0v) is 7.62. The molecule has 1 aromatic heterocycles. The Balaban J connectivity index is 2.34. The van der Waals surface area contributed by atoms with Gasteiger partial charge in [-0.25, -0.2) is 9.97 Å². The standard InChI is InChI=1S/C10H14N2/c1-7-3-9-5-11-6-12-10(9)4-8(7)2/h5-8H,3-4H2,1-2H3. The molecule has 1 aliphatic rings. The van der Waals surface area contributed by atoms with Gasteiger partial charge in [0.2, 0.25) is 0 Å². The third kappa shape index (κ3) is 1.22.